The van der Waals surface area contributed by atoms with Crippen LogP contribution in [0.15, 0.2) is 67.9 Å². The summed E-state index contributed by atoms with van der Waals surface area (Å²) in [5, 5.41) is 3.05. The molecule has 1 N–H and O–H groups in total. The SMILES string of the molecule is C=C(C)c1ccc(NC(=O)c2cccnc2)c(N2CCN(c3cnccn3)CC2)c1. The van der Waals surface area contributed by atoms with Gasteiger partial charge in [-0.25, -0.2) is 4.98 Å². The van der Waals surface area contributed by atoms with Crippen LogP contribution in [0.4, 0.5) is 17.2 Å². The summed E-state index contributed by atoms with van der Waals surface area (Å²) >= 11 is 0. The van der Waals surface area contributed by atoms with Crippen molar-refractivity contribution in [2.24, 2.45) is 0 Å². The van der Waals surface area contributed by atoms with E-state index in [1.807, 2.05) is 19.1 Å². The lowest BCUT2D eigenvalue weighted by Crippen LogP contribution is -2.47. The Bertz CT molecular complexity index is 1030. The molecule has 1 aromatic carbocycles. The predicted molar refractivity (Wildman–Crippen MR) is 120 cm³/mol. The molecule has 0 bridgehead atoms. The smallest absolute Gasteiger partial charge is 0.257 e. The molecule has 1 fully saturated rings. The number of carbonyl (C=O) groups excluding carboxylic acids is 1. The number of rotatable bonds is 5. The van der Waals surface area contributed by atoms with Gasteiger partial charge in [-0.05, 0) is 36.8 Å². The summed E-state index contributed by atoms with van der Waals surface area (Å²) in [5.74, 6) is 0.712. The van der Waals surface area contributed by atoms with Crippen molar-refractivity contribution in [2.75, 3.05) is 41.3 Å². The zero-order chi connectivity index (χ0) is 20.9. The summed E-state index contributed by atoms with van der Waals surface area (Å²) < 4.78 is 0. The number of carbonyl (C=O) groups is 1. The first-order valence-corrected chi connectivity index (χ1v) is 9.89. The molecular weight excluding hydrogens is 376 g/mol. The molecule has 2 aromatic heterocycles. The van der Waals surface area contributed by atoms with Crippen molar-refractivity contribution in [1.29, 1.82) is 0 Å². The zero-order valence-electron chi connectivity index (χ0n) is 17.0. The van der Waals surface area contributed by atoms with Gasteiger partial charge in [0.15, 0.2) is 0 Å². The number of allylic oxidation sites excluding steroid dienone is 1. The fraction of sp³-hybridized carbons (Fsp3) is 0.217. The first-order valence-electron chi connectivity index (χ1n) is 9.89. The van der Waals surface area contributed by atoms with Crippen molar-refractivity contribution in [3.05, 3.63) is 79.0 Å². The fourth-order valence-corrected chi connectivity index (χ4v) is 3.49. The molecule has 1 amide bonds. The molecular formula is C23H24N6O. The summed E-state index contributed by atoms with van der Waals surface area (Å²) in [4.78, 5) is 29.8. The normalized spacial score (nSPS) is 13.8. The minimum Gasteiger partial charge on any atom is -0.366 e. The average Bonchev–Trinajstić information content (AvgIpc) is 2.80. The maximum absolute atomic E-state index is 12.7. The highest BCUT2D eigenvalue weighted by molar-refractivity contribution is 6.06. The van der Waals surface area contributed by atoms with E-state index in [1.54, 1.807) is 43.1 Å². The monoisotopic (exact) mass is 400 g/mol. The third kappa shape index (κ3) is 4.30. The largest absolute Gasteiger partial charge is 0.366 e. The molecule has 7 nitrogen and oxygen atoms in total. The molecule has 152 valence electrons. The van der Waals surface area contributed by atoms with Crippen molar-refractivity contribution < 1.29 is 4.79 Å². The summed E-state index contributed by atoms with van der Waals surface area (Å²) in [5.41, 5.74) is 4.34. The molecule has 1 aliphatic rings. The van der Waals surface area contributed by atoms with Crippen molar-refractivity contribution in [3.63, 3.8) is 0 Å². The van der Waals surface area contributed by atoms with Crippen LogP contribution in [0.1, 0.15) is 22.8 Å². The number of nitrogens with zero attached hydrogens (tertiary/aromatic N) is 5. The zero-order valence-corrected chi connectivity index (χ0v) is 17.0. The maximum Gasteiger partial charge on any atom is 0.257 e. The van der Waals surface area contributed by atoms with Gasteiger partial charge in [0.05, 0.1) is 23.1 Å². The Morgan fingerprint density at radius 3 is 2.40 bits per heavy atom. The Kier molecular flexibility index (Phi) is 5.70. The molecule has 4 rings (SSSR count). The number of hydrogen-bond acceptors (Lipinski definition) is 6. The molecule has 3 aromatic rings. The number of benzene rings is 1. The van der Waals surface area contributed by atoms with Crippen LogP contribution < -0.4 is 15.1 Å². The summed E-state index contributed by atoms with van der Waals surface area (Å²) in [7, 11) is 0. The van der Waals surface area contributed by atoms with E-state index in [4.69, 9.17) is 0 Å². The van der Waals surface area contributed by atoms with Crippen molar-refractivity contribution in [3.8, 4) is 0 Å². The average molecular weight is 400 g/mol. The Morgan fingerprint density at radius 2 is 1.73 bits per heavy atom. The first-order chi connectivity index (χ1) is 14.6. The van der Waals surface area contributed by atoms with Gasteiger partial charge in [0.25, 0.3) is 5.91 Å². The molecule has 0 unspecified atom stereocenters. The van der Waals surface area contributed by atoms with E-state index in [1.165, 1.54) is 0 Å². The number of piperazine rings is 1. The van der Waals surface area contributed by atoms with E-state index >= 15 is 0 Å². The molecule has 0 radical (unpaired) electrons. The van der Waals surface area contributed by atoms with Gasteiger partial charge >= 0.3 is 0 Å². The number of nitrogens with one attached hydrogen (secondary N) is 1. The highest BCUT2D eigenvalue weighted by Crippen LogP contribution is 2.31. The van der Waals surface area contributed by atoms with Gasteiger partial charge in [-0.1, -0.05) is 18.2 Å². The predicted octanol–water partition coefficient (Wildman–Crippen LogP) is 3.48. The second kappa shape index (κ2) is 8.73. The molecule has 30 heavy (non-hydrogen) atoms. The molecule has 1 aliphatic heterocycles. The van der Waals surface area contributed by atoms with Gasteiger partial charge in [0.2, 0.25) is 0 Å². The molecule has 1 saturated heterocycles. The van der Waals surface area contributed by atoms with Gasteiger partial charge in [-0.15, -0.1) is 0 Å². The molecule has 0 aliphatic carbocycles. The highest BCUT2D eigenvalue weighted by Gasteiger charge is 2.21. The van der Waals surface area contributed by atoms with E-state index < -0.39 is 0 Å². The summed E-state index contributed by atoms with van der Waals surface area (Å²) in [6.07, 6.45) is 8.40. The standard InChI is InChI=1S/C23H24N6O/c1-17(2)18-5-6-20(27-23(30)19-4-3-7-24-15-19)21(14-18)28-10-12-29(13-11-28)22-16-25-8-9-26-22/h3-9,14-16H,1,10-13H2,2H3,(H,27,30). The molecule has 7 heteroatoms. The second-order valence-electron chi connectivity index (χ2n) is 7.25. The lowest BCUT2D eigenvalue weighted by molar-refractivity contribution is 0.102. The maximum atomic E-state index is 12.7. The highest BCUT2D eigenvalue weighted by atomic mass is 16.1. The molecule has 0 atom stereocenters. The minimum atomic E-state index is -0.175. The van der Waals surface area contributed by atoms with Crippen LogP contribution in [0.3, 0.4) is 0 Å². The van der Waals surface area contributed by atoms with Gasteiger partial charge in [0.1, 0.15) is 5.82 Å². The van der Waals surface area contributed by atoms with Crippen LogP contribution in [0.5, 0.6) is 0 Å². The lowest BCUT2D eigenvalue weighted by atomic mass is 10.1. The van der Waals surface area contributed by atoms with Gasteiger partial charge in [-0.2, -0.15) is 0 Å². The lowest BCUT2D eigenvalue weighted by Gasteiger charge is -2.37. The van der Waals surface area contributed by atoms with E-state index in [0.717, 1.165) is 54.5 Å². The summed E-state index contributed by atoms with van der Waals surface area (Å²) in [6.45, 7) is 9.32. The van der Waals surface area contributed by atoms with Crippen molar-refractivity contribution in [2.45, 2.75) is 6.92 Å². The molecule has 3 heterocycles. The number of anilines is 3. The summed E-state index contributed by atoms with van der Waals surface area (Å²) in [6, 6.07) is 9.54. The number of amides is 1. The Hall–Kier alpha value is -3.74. The number of aromatic nitrogens is 3. The van der Waals surface area contributed by atoms with Crippen LogP contribution in [-0.2, 0) is 0 Å². The van der Waals surface area contributed by atoms with E-state index in [0.29, 0.717) is 5.56 Å². The van der Waals surface area contributed by atoms with Crippen LogP contribution >= 0.6 is 0 Å². The van der Waals surface area contributed by atoms with E-state index in [-0.39, 0.29) is 5.91 Å². The Balaban J connectivity index is 1.56. The van der Waals surface area contributed by atoms with Crippen LogP contribution in [0.2, 0.25) is 0 Å². The van der Waals surface area contributed by atoms with Crippen molar-refractivity contribution in [1.82, 2.24) is 15.0 Å². The quantitative estimate of drug-likeness (QED) is 0.707. The second-order valence-corrected chi connectivity index (χ2v) is 7.25. The third-order valence-electron chi connectivity index (χ3n) is 5.16. The van der Waals surface area contributed by atoms with Gasteiger partial charge in [0, 0.05) is 51.0 Å². The molecule has 0 spiro atoms. The van der Waals surface area contributed by atoms with Crippen molar-refractivity contribution >= 4 is 28.7 Å². The third-order valence-corrected chi connectivity index (χ3v) is 5.16. The number of hydrogen-bond donors (Lipinski definition) is 1. The fourth-order valence-electron chi connectivity index (χ4n) is 3.49. The number of pyridine rings is 1. The van der Waals surface area contributed by atoms with E-state index in [9.17, 15) is 4.79 Å². The first kappa shape index (κ1) is 19.6. The van der Waals surface area contributed by atoms with Gasteiger partial charge < -0.3 is 15.1 Å². The Morgan fingerprint density at radius 1 is 0.967 bits per heavy atom. The van der Waals surface area contributed by atoms with Gasteiger partial charge in [-0.3, -0.25) is 14.8 Å². The topological polar surface area (TPSA) is 74.2 Å². The van der Waals surface area contributed by atoms with Crippen LogP contribution in [-0.4, -0.2) is 47.0 Å². The van der Waals surface area contributed by atoms with E-state index in [2.05, 4.69) is 42.7 Å². The molecule has 0 saturated carbocycles. The minimum absolute atomic E-state index is 0.175. The Labute approximate surface area is 176 Å². The van der Waals surface area contributed by atoms with Crippen LogP contribution in [0, 0.1) is 0 Å². The van der Waals surface area contributed by atoms with Crippen LogP contribution in [0.25, 0.3) is 5.57 Å².